The highest BCUT2D eigenvalue weighted by Crippen LogP contribution is 2.18. The van der Waals surface area contributed by atoms with Crippen molar-refractivity contribution >= 4 is 19.9 Å². The van der Waals surface area contributed by atoms with E-state index in [1.165, 1.54) is 0 Å². The molecule has 0 amide bonds. The lowest BCUT2D eigenvalue weighted by Gasteiger charge is -2.15. The van der Waals surface area contributed by atoms with E-state index in [1.54, 1.807) is 6.92 Å². The van der Waals surface area contributed by atoms with Crippen LogP contribution in [0.3, 0.4) is 0 Å². The summed E-state index contributed by atoms with van der Waals surface area (Å²) in [7, 11) is -6.61. The van der Waals surface area contributed by atoms with Gasteiger partial charge < -0.3 is 0 Å². The monoisotopic (exact) mass is 255 g/mol. The zero-order valence-corrected chi connectivity index (χ0v) is 10.6. The Morgan fingerprint density at radius 2 is 2.07 bits per heavy atom. The van der Waals surface area contributed by atoms with E-state index < -0.39 is 25.1 Å². The van der Waals surface area contributed by atoms with Gasteiger partial charge in [0.15, 0.2) is 9.84 Å². The van der Waals surface area contributed by atoms with Crippen LogP contribution in [0.2, 0.25) is 0 Å². The van der Waals surface area contributed by atoms with Crippen LogP contribution in [0.1, 0.15) is 26.7 Å². The van der Waals surface area contributed by atoms with Gasteiger partial charge in [0.1, 0.15) is 0 Å². The molecule has 1 heterocycles. The Balaban J connectivity index is 2.72. The maximum Gasteiger partial charge on any atom is 0.215 e. The molecule has 1 fully saturated rings. The molecule has 15 heavy (non-hydrogen) atoms. The van der Waals surface area contributed by atoms with Gasteiger partial charge in [-0.2, -0.15) is 0 Å². The van der Waals surface area contributed by atoms with Gasteiger partial charge in [0.25, 0.3) is 0 Å². The summed E-state index contributed by atoms with van der Waals surface area (Å²) < 4.78 is 48.2. The van der Waals surface area contributed by atoms with E-state index in [1.807, 2.05) is 6.92 Å². The zero-order valence-electron chi connectivity index (χ0n) is 8.93. The first-order valence-electron chi connectivity index (χ1n) is 4.98. The molecule has 90 valence electrons. The van der Waals surface area contributed by atoms with E-state index in [4.69, 9.17) is 0 Å². The maximum atomic E-state index is 11.7. The second kappa shape index (κ2) is 4.39. The smallest absolute Gasteiger partial charge is 0.215 e. The fourth-order valence-corrected chi connectivity index (χ4v) is 5.84. The van der Waals surface area contributed by atoms with Gasteiger partial charge in [0.05, 0.1) is 16.8 Å². The number of rotatable bonds is 4. The number of nitrogens with one attached hydrogen (secondary N) is 1. The summed E-state index contributed by atoms with van der Waals surface area (Å²) in [5.74, 6) is -0.252. The average molecular weight is 255 g/mol. The van der Waals surface area contributed by atoms with Gasteiger partial charge in [-0.1, -0.05) is 6.92 Å². The lowest BCUT2D eigenvalue weighted by Crippen LogP contribution is -2.39. The van der Waals surface area contributed by atoms with Crippen molar-refractivity contribution in [1.82, 2.24) is 4.72 Å². The van der Waals surface area contributed by atoms with Crippen LogP contribution in [0.15, 0.2) is 0 Å². The number of sulfone groups is 1. The first-order valence-corrected chi connectivity index (χ1v) is 8.35. The van der Waals surface area contributed by atoms with E-state index in [0.29, 0.717) is 6.42 Å². The number of hydrogen-bond acceptors (Lipinski definition) is 4. The fourth-order valence-electron chi connectivity index (χ4n) is 1.47. The molecule has 2 atom stereocenters. The highest BCUT2D eigenvalue weighted by molar-refractivity contribution is 7.95. The molecular weight excluding hydrogens is 238 g/mol. The Labute approximate surface area is 91.2 Å². The van der Waals surface area contributed by atoms with Crippen LogP contribution in [-0.4, -0.2) is 39.6 Å². The van der Waals surface area contributed by atoms with Crippen molar-refractivity contribution in [2.45, 2.75) is 38.0 Å². The van der Waals surface area contributed by atoms with Crippen molar-refractivity contribution < 1.29 is 16.8 Å². The van der Waals surface area contributed by atoms with Crippen molar-refractivity contribution in [3.8, 4) is 0 Å². The Bertz CT molecular complexity index is 412. The highest BCUT2D eigenvalue weighted by Gasteiger charge is 2.37. The van der Waals surface area contributed by atoms with Gasteiger partial charge >= 0.3 is 0 Å². The Hall–Kier alpha value is -0.140. The molecular formula is C8H17NO4S2. The van der Waals surface area contributed by atoms with Gasteiger partial charge in [-0.3, -0.25) is 0 Å². The molecule has 0 bridgehead atoms. The lowest BCUT2D eigenvalue weighted by atomic mass is 10.3. The molecule has 0 aromatic carbocycles. The van der Waals surface area contributed by atoms with E-state index in [0.717, 1.165) is 0 Å². The molecule has 1 aliphatic heterocycles. The molecule has 5 nitrogen and oxygen atoms in total. The van der Waals surface area contributed by atoms with Crippen molar-refractivity contribution in [3.63, 3.8) is 0 Å². The predicted octanol–water partition coefficient (Wildman–Crippen LogP) is -0.109. The third kappa shape index (κ3) is 3.42. The lowest BCUT2D eigenvalue weighted by molar-refractivity contribution is 0.544. The predicted molar refractivity (Wildman–Crippen MR) is 58.9 cm³/mol. The van der Waals surface area contributed by atoms with Gasteiger partial charge in [0, 0.05) is 6.04 Å². The second-order valence-electron chi connectivity index (χ2n) is 4.00. The van der Waals surface area contributed by atoms with Gasteiger partial charge in [0.2, 0.25) is 10.0 Å². The van der Waals surface area contributed by atoms with Gasteiger partial charge in [-0.05, 0) is 19.8 Å². The molecule has 1 N–H and O–H groups in total. The minimum Gasteiger partial charge on any atom is -0.229 e. The molecule has 1 rings (SSSR count). The van der Waals surface area contributed by atoms with Crippen LogP contribution in [0.5, 0.6) is 0 Å². The molecule has 2 unspecified atom stereocenters. The van der Waals surface area contributed by atoms with Crippen LogP contribution < -0.4 is 4.72 Å². The van der Waals surface area contributed by atoms with E-state index in [2.05, 4.69) is 4.72 Å². The van der Waals surface area contributed by atoms with Crippen molar-refractivity contribution in [2.75, 3.05) is 11.5 Å². The number of sulfonamides is 1. The molecule has 0 aliphatic carbocycles. The molecule has 0 radical (unpaired) electrons. The molecule has 0 aromatic rings. The van der Waals surface area contributed by atoms with Gasteiger partial charge in [-0.25, -0.2) is 21.6 Å². The zero-order chi connectivity index (χ0) is 11.7. The van der Waals surface area contributed by atoms with E-state index in [9.17, 15) is 16.8 Å². The molecule has 0 aromatic heterocycles. The normalized spacial score (nSPS) is 27.7. The molecule has 0 spiro atoms. The average Bonchev–Trinajstić information content (AvgIpc) is 2.45. The van der Waals surface area contributed by atoms with Gasteiger partial charge in [-0.15, -0.1) is 0 Å². The topological polar surface area (TPSA) is 80.3 Å². The van der Waals surface area contributed by atoms with Crippen molar-refractivity contribution in [3.05, 3.63) is 0 Å². The first kappa shape index (κ1) is 12.9. The SMILES string of the molecule is CCC(C)NS(=O)(=O)C1CCS(=O)(=O)C1. The Kier molecular flexibility index (Phi) is 3.78. The minimum atomic E-state index is -3.47. The first-order chi connectivity index (χ1) is 6.77. The molecule has 7 heteroatoms. The van der Waals surface area contributed by atoms with E-state index >= 15 is 0 Å². The van der Waals surface area contributed by atoms with Crippen LogP contribution in [0.25, 0.3) is 0 Å². The summed E-state index contributed by atoms with van der Waals surface area (Å²) in [6, 6.07) is -0.140. The van der Waals surface area contributed by atoms with Crippen LogP contribution in [-0.2, 0) is 19.9 Å². The Morgan fingerprint density at radius 1 is 1.47 bits per heavy atom. The largest absolute Gasteiger partial charge is 0.229 e. The van der Waals surface area contributed by atoms with Crippen LogP contribution in [0.4, 0.5) is 0 Å². The summed E-state index contributed by atoms with van der Waals surface area (Å²) in [5, 5.41) is -0.767. The second-order valence-corrected chi connectivity index (χ2v) is 8.22. The third-order valence-electron chi connectivity index (χ3n) is 2.61. The number of hydrogen-bond donors (Lipinski definition) is 1. The minimum absolute atomic E-state index is 0.0148. The standard InChI is InChI=1S/C8H17NO4S2/c1-3-7(2)9-15(12,13)8-4-5-14(10,11)6-8/h7-9H,3-6H2,1-2H3. The molecule has 0 saturated carbocycles. The summed E-state index contributed by atoms with van der Waals surface area (Å²) >= 11 is 0. The highest BCUT2D eigenvalue weighted by atomic mass is 32.2. The summed E-state index contributed by atoms with van der Waals surface area (Å²) in [4.78, 5) is 0. The molecule has 1 aliphatic rings. The maximum absolute atomic E-state index is 11.7. The van der Waals surface area contributed by atoms with Crippen LogP contribution >= 0.6 is 0 Å². The fraction of sp³-hybridized carbons (Fsp3) is 1.00. The summed E-state index contributed by atoms with van der Waals surface area (Å²) in [5.41, 5.74) is 0. The van der Waals surface area contributed by atoms with Crippen LogP contribution in [0, 0.1) is 0 Å². The molecule has 1 saturated heterocycles. The summed E-state index contributed by atoms with van der Waals surface area (Å²) in [6.07, 6.45) is 0.910. The quantitative estimate of drug-likeness (QED) is 0.760. The summed E-state index contributed by atoms with van der Waals surface area (Å²) in [6.45, 7) is 3.64. The van der Waals surface area contributed by atoms with Crippen molar-refractivity contribution in [1.29, 1.82) is 0 Å². The Morgan fingerprint density at radius 3 is 2.47 bits per heavy atom. The van der Waals surface area contributed by atoms with E-state index in [-0.39, 0.29) is 24.0 Å². The third-order valence-corrected chi connectivity index (χ3v) is 6.60. The van der Waals surface area contributed by atoms with Crippen molar-refractivity contribution in [2.24, 2.45) is 0 Å².